The van der Waals surface area contributed by atoms with Crippen LogP contribution in [0.25, 0.3) is 5.57 Å². The van der Waals surface area contributed by atoms with Crippen LogP contribution in [-0.2, 0) is 16.8 Å². The van der Waals surface area contributed by atoms with Gasteiger partial charge in [0.05, 0.1) is 12.7 Å². The summed E-state index contributed by atoms with van der Waals surface area (Å²) in [7, 11) is 1.38. The first-order chi connectivity index (χ1) is 14.0. The highest BCUT2D eigenvalue weighted by atomic mass is 16.5. The van der Waals surface area contributed by atoms with Crippen molar-refractivity contribution >= 4 is 11.5 Å². The highest BCUT2D eigenvalue weighted by Gasteiger charge is 2.30. The Labute approximate surface area is 171 Å². The first kappa shape index (κ1) is 19.0. The van der Waals surface area contributed by atoms with Crippen LogP contribution in [0.2, 0.25) is 0 Å². The number of esters is 1. The molecular formula is C26H24O3. The molecule has 3 nitrogen and oxygen atoms in total. The quantitative estimate of drug-likeness (QED) is 0.524. The van der Waals surface area contributed by atoms with Crippen LogP contribution in [-0.4, -0.2) is 13.1 Å². The van der Waals surface area contributed by atoms with E-state index >= 15 is 0 Å². The average molecular weight is 384 g/mol. The molecule has 0 bridgehead atoms. The zero-order valence-corrected chi connectivity index (χ0v) is 16.9. The second kappa shape index (κ2) is 7.59. The van der Waals surface area contributed by atoms with Gasteiger partial charge in [0.15, 0.2) is 0 Å². The van der Waals surface area contributed by atoms with E-state index in [9.17, 15) is 4.79 Å². The molecule has 0 aromatic heterocycles. The molecule has 3 aromatic rings. The second-order valence-electron chi connectivity index (χ2n) is 7.83. The number of benzene rings is 3. The Balaban J connectivity index is 1.55. The summed E-state index contributed by atoms with van der Waals surface area (Å²) < 4.78 is 10.8. The van der Waals surface area contributed by atoms with Gasteiger partial charge in [0, 0.05) is 5.41 Å². The van der Waals surface area contributed by atoms with Gasteiger partial charge in [-0.05, 0) is 52.1 Å². The zero-order chi connectivity index (χ0) is 20.4. The van der Waals surface area contributed by atoms with Crippen molar-refractivity contribution in [1.29, 1.82) is 0 Å². The molecule has 0 aliphatic heterocycles. The van der Waals surface area contributed by atoms with Gasteiger partial charge in [-0.2, -0.15) is 0 Å². The van der Waals surface area contributed by atoms with Crippen LogP contribution in [0.3, 0.4) is 0 Å². The third kappa shape index (κ3) is 3.81. The topological polar surface area (TPSA) is 35.5 Å². The molecule has 0 saturated carbocycles. The van der Waals surface area contributed by atoms with Gasteiger partial charge in [-0.3, -0.25) is 0 Å². The number of carbonyl (C=O) groups excluding carboxylic acids is 1. The molecule has 4 rings (SSSR count). The highest BCUT2D eigenvalue weighted by Crippen LogP contribution is 2.44. The smallest absolute Gasteiger partial charge is 0.337 e. The van der Waals surface area contributed by atoms with Gasteiger partial charge >= 0.3 is 5.97 Å². The van der Waals surface area contributed by atoms with E-state index in [1.807, 2.05) is 24.3 Å². The van der Waals surface area contributed by atoms with Crippen molar-refractivity contribution in [1.82, 2.24) is 0 Å². The Kier molecular flexibility index (Phi) is 4.98. The predicted octanol–water partition coefficient (Wildman–Crippen LogP) is 5.78. The van der Waals surface area contributed by atoms with Crippen molar-refractivity contribution in [2.24, 2.45) is 0 Å². The number of methoxy groups -OCH3 is 1. The SMILES string of the molecule is COC(=O)c1ccc(COc2ccc3c(c2)C(c2ccccc2)=CC3(C)C)cc1. The fourth-order valence-corrected chi connectivity index (χ4v) is 3.79. The van der Waals surface area contributed by atoms with Gasteiger partial charge in [0.2, 0.25) is 0 Å². The van der Waals surface area contributed by atoms with Crippen molar-refractivity contribution in [3.8, 4) is 5.75 Å². The number of fused-ring (bicyclic) bond motifs is 1. The number of rotatable bonds is 5. The van der Waals surface area contributed by atoms with E-state index in [1.165, 1.54) is 29.4 Å². The monoisotopic (exact) mass is 384 g/mol. The number of hydrogen-bond donors (Lipinski definition) is 0. The summed E-state index contributed by atoms with van der Waals surface area (Å²) in [4.78, 5) is 11.6. The molecule has 0 amide bonds. The third-order valence-electron chi connectivity index (χ3n) is 5.35. The molecule has 146 valence electrons. The molecule has 0 unspecified atom stereocenters. The molecule has 0 N–H and O–H groups in total. The number of hydrogen-bond acceptors (Lipinski definition) is 3. The number of ether oxygens (including phenoxy) is 2. The molecule has 29 heavy (non-hydrogen) atoms. The normalized spacial score (nSPS) is 14.1. The molecule has 0 spiro atoms. The minimum atomic E-state index is -0.334. The second-order valence-corrected chi connectivity index (χ2v) is 7.83. The van der Waals surface area contributed by atoms with E-state index in [-0.39, 0.29) is 11.4 Å². The van der Waals surface area contributed by atoms with E-state index in [0.717, 1.165) is 11.3 Å². The summed E-state index contributed by atoms with van der Waals surface area (Å²) >= 11 is 0. The molecule has 0 atom stereocenters. The van der Waals surface area contributed by atoms with Gasteiger partial charge in [-0.1, -0.05) is 68.5 Å². The van der Waals surface area contributed by atoms with Gasteiger partial charge in [-0.25, -0.2) is 4.79 Å². The van der Waals surface area contributed by atoms with Crippen LogP contribution in [0, 0.1) is 0 Å². The van der Waals surface area contributed by atoms with Crippen LogP contribution in [0.1, 0.15) is 46.5 Å². The number of allylic oxidation sites excluding steroid dienone is 1. The van der Waals surface area contributed by atoms with E-state index in [2.05, 4.69) is 56.3 Å². The average Bonchev–Trinajstić information content (AvgIpc) is 3.03. The minimum Gasteiger partial charge on any atom is -0.489 e. The molecular weight excluding hydrogens is 360 g/mol. The lowest BCUT2D eigenvalue weighted by Gasteiger charge is -2.18. The Bertz CT molecular complexity index is 1060. The Hall–Kier alpha value is -3.33. The first-order valence-electron chi connectivity index (χ1n) is 9.71. The van der Waals surface area contributed by atoms with Crippen molar-refractivity contribution in [3.63, 3.8) is 0 Å². The summed E-state index contributed by atoms with van der Waals surface area (Å²) in [5.41, 5.74) is 6.52. The van der Waals surface area contributed by atoms with Crippen molar-refractivity contribution in [3.05, 3.63) is 107 Å². The lowest BCUT2D eigenvalue weighted by Crippen LogP contribution is -2.10. The zero-order valence-electron chi connectivity index (χ0n) is 16.9. The standard InChI is InChI=1S/C26H24O3/c1-26(2)16-23(19-7-5-4-6-8-19)22-15-21(13-14-24(22)26)29-17-18-9-11-20(12-10-18)25(27)28-3/h4-16H,17H2,1-3H3. The first-order valence-corrected chi connectivity index (χ1v) is 9.71. The van der Waals surface area contributed by atoms with E-state index in [0.29, 0.717) is 12.2 Å². The highest BCUT2D eigenvalue weighted by molar-refractivity contribution is 5.89. The summed E-state index contributed by atoms with van der Waals surface area (Å²) in [6.07, 6.45) is 2.34. The minimum absolute atomic E-state index is 0.0112. The van der Waals surface area contributed by atoms with E-state index in [4.69, 9.17) is 9.47 Å². The van der Waals surface area contributed by atoms with Crippen molar-refractivity contribution in [2.45, 2.75) is 25.9 Å². The van der Waals surface area contributed by atoms with Gasteiger partial charge in [-0.15, -0.1) is 0 Å². The van der Waals surface area contributed by atoms with Crippen LogP contribution in [0.5, 0.6) is 5.75 Å². The summed E-state index contributed by atoms with van der Waals surface area (Å²) in [6.45, 7) is 4.92. The lowest BCUT2D eigenvalue weighted by atomic mass is 9.87. The van der Waals surface area contributed by atoms with Gasteiger partial charge < -0.3 is 9.47 Å². The Morgan fingerprint density at radius 3 is 2.34 bits per heavy atom. The van der Waals surface area contributed by atoms with Crippen LogP contribution in [0.4, 0.5) is 0 Å². The van der Waals surface area contributed by atoms with E-state index < -0.39 is 0 Å². The molecule has 0 radical (unpaired) electrons. The number of carbonyl (C=O) groups is 1. The Morgan fingerprint density at radius 2 is 1.66 bits per heavy atom. The third-order valence-corrected chi connectivity index (χ3v) is 5.35. The van der Waals surface area contributed by atoms with E-state index in [1.54, 1.807) is 12.1 Å². The lowest BCUT2D eigenvalue weighted by molar-refractivity contribution is 0.0600. The molecule has 0 fully saturated rings. The van der Waals surface area contributed by atoms with Crippen LogP contribution < -0.4 is 4.74 Å². The molecule has 0 heterocycles. The molecule has 0 saturated heterocycles. The molecule has 1 aliphatic rings. The largest absolute Gasteiger partial charge is 0.489 e. The fourth-order valence-electron chi connectivity index (χ4n) is 3.79. The molecule has 3 heteroatoms. The van der Waals surface area contributed by atoms with Crippen molar-refractivity contribution in [2.75, 3.05) is 7.11 Å². The summed E-state index contributed by atoms with van der Waals surface area (Å²) in [5, 5.41) is 0. The van der Waals surface area contributed by atoms with Crippen LogP contribution in [0.15, 0.2) is 78.9 Å². The van der Waals surface area contributed by atoms with Gasteiger partial charge in [0.1, 0.15) is 12.4 Å². The maximum Gasteiger partial charge on any atom is 0.337 e. The molecule has 1 aliphatic carbocycles. The maximum absolute atomic E-state index is 11.6. The fraction of sp³-hybridized carbons (Fsp3) is 0.192. The van der Waals surface area contributed by atoms with Crippen LogP contribution >= 0.6 is 0 Å². The van der Waals surface area contributed by atoms with Crippen molar-refractivity contribution < 1.29 is 14.3 Å². The summed E-state index contributed by atoms with van der Waals surface area (Å²) in [5.74, 6) is 0.499. The maximum atomic E-state index is 11.6. The Morgan fingerprint density at radius 1 is 0.931 bits per heavy atom. The molecule has 3 aromatic carbocycles. The van der Waals surface area contributed by atoms with Gasteiger partial charge in [0.25, 0.3) is 0 Å². The summed E-state index contributed by atoms with van der Waals surface area (Å²) in [6, 6.07) is 24.1. The predicted molar refractivity (Wildman–Crippen MR) is 115 cm³/mol.